The normalized spacial score (nSPS) is 19.1. The zero-order valence-corrected chi connectivity index (χ0v) is 22.1. The Balaban J connectivity index is 1.58. The van der Waals surface area contributed by atoms with E-state index in [1.807, 2.05) is 0 Å². The first-order valence-electron chi connectivity index (χ1n) is 13.3. The smallest absolute Gasteiger partial charge is 0.311 e. The van der Waals surface area contributed by atoms with Crippen LogP contribution in [0.2, 0.25) is 0 Å². The molecule has 1 aliphatic heterocycles. The quantitative estimate of drug-likeness (QED) is 0.154. The van der Waals surface area contributed by atoms with Crippen molar-refractivity contribution in [2.24, 2.45) is 5.41 Å². The van der Waals surface area contributed by atoms with Gasteiger partial charge in [0.05, 0.1) is 5.56 Å². The highest BCUT2D eigenvalue weighted by atomic mass is 19.1. The number of halogens is 4. The third kappa shape index (κ3) is 4.16. The van der Waals surface area contributed by atoms with Crippen LogP contribution in [0.3, 0.4) is 0 Å². The van der Waals surface area contributed by atoms with E-state index in [2.05, 4.69) is 9.97 Å². The number of benzene rings is 3. The summed E-state index contributed by atoms with van der Waals surface area (Å²) in [5, 5.41) is 0.835. The molecule has 6 nitrogen and oxygen atoms in total. The van der Waals surface area contributed by atoms with E-state index in [-0.39, 0.29) is 47.1 Å². The van der Waals surface area contributed by atoms with Gasteiger partial charge in [-0.05, 0) is 71.8 Å². The summed E-state index contributed by atoms with van der Waals surface area (Å²) in [6.07, 6.45) is 1.73. The fourth-order valence-corrected chi connectivity index (χ4v) is 6.21. The van der Waals surface area contributed by atoms with Crippen LogP contribution >= 0.6 is 0 Å². The van der Waals surface area contributed by atoms with Crippen molar-refractivity contribution in [1.29, 1.82) is 0 Å². The molecule has 0 unspecified atom stereocenters. The molecular weight excluding hydrogens is 526 g/mol. The first-order valence-corrected chi connectivity index (χ1v) is 13.3. The second-order valence-electron chi connectivity index (χ2n) is 10.5. The summed E-state index contributed by atoms with van der Waals surface area (Å²) >= 11 is 0. The molecule has 1 spiro atoms. The Morgan fingerprint density at radius 3 is 2.58 bits per heavy atom. The Hall–Kier alpha value is -3.79. The molecule has 0 radical (unpaired) electrons. The molecule has 1 aliphatic carbocycles. The molecule has 0 bridgehead atoms. The number of aryl methyl sites for hydroxylation is 1. The largest absolute Gasteiger partial charge is 0.468 e. The molecule has 3 aromatic carbocycles. The minimum Gasteiger partial charge on any atom is -0.468 e. The Morgan fingerprint density at radius 1 is 1.05 bits per heavy atom. The maximum Gasteiger partial charge on any atom is 0.311 e. The van der Waals surface area contributed by atoms with Gasteiger partial charge in [-0.1, -0.05) is 13.0 Å². The van der Waals surface area contributed by atoms with Crippen molar-refractivity contribution < 1.29 is 31.8 Å². The molecule has 2 heterocycles. The zero-order chi connectivity index (χ0) is 28.2. The van der Waals surface area contributed by atoms with Crippen molar-refractivity contribution >= 4 is 33.3 Å². The molecule has 0 amide bonds. The summed E-state index contributed by atoms with van der Waals surface area (Å²) in [6, 6.07) is 6.96. The van der Waals surface area contributed by atoms with Crippen molar-refractivity contribution in [3.05, 3.63) is 59.4 Å². The highest BCUT2D eigenvalue weighted by molar-refractivity contribution is 6.03. The highest BCUT2D eigenvalue weighted by Gasteiger charge is 2.48. The van der Waals surface area contributed by atoms with E-state index in [0.717, 1.165) is 18.9 Å². The number of fused-ring (bicyclic) bond motifs is 2. The molecule has 2 fully saturated rings. The average molecular weight is 554 g/mol. The van der Waals surface area contributed by atoms with Gasteiger partial charge in [-0.3, -0.25) is 4.79 Å². The molecule has 0 N–H and O–H groups in total. The third-order valence-electron chi connectivity index (χ3n) is 8.24. The summed E-state index contributed by atoms with van der Waals surface area (Å²) in [4.78, 5) is 21.8. The van der Waals surface area contributed by atoms with Gasteiger partial charge in [0.2, 0.25) is 0 Å². The number of ketones is 1. The van der Waals surface area contributed by atoms with Gasteiger partial charge in [-0.15, -0.1) is 0 Å². The predicted octanol–water partition coefficient (Wildman–Crippen LogP) is 6.50. The maximum atomic E-state index is 16.4. The number of piperidine rings is 1. The molecule has 4 aromatic rings. The monoisotopic (exact) mass is 553 g/mol. The zero-order valence-electron chi connectivity index (χ0n) is 22.1. The SMILES string of the molecule is CCc1c(F)ccc2cc(OCOC)cc(-c3c(F)cc4c(N5CCC[C@]6(CCC6=O)C5)nc(F)nc4c3F)c12. The molecule has 6 rings (SSSR count). The lowest BCUT2D eigenvalue weighted by atomic mass is 9.63. The third-order valence-corrected chi connectivity index (χ3v) is 8.24. The molecule has 1 atom stereocenters. The van der Waals surface area contributed by atoms with Gasteiger partial charge in [0, 0.05) is 37.4 Å². The summed E-state index contributed by atoms with van der Waals surface area (Å²) in [5.41, 5.74) is -1.07. The van der Waals surface area contributed by atoms with E-state index in [0.29, 0.717) is 36.7 Å². The summed E-state index contributed by atoms with van der Waals surface area (Å²) in [7, 11) is 1.44. The summed E-state index contributed by atoms with van der Waals surface area (Å²) < 4.78 is 72.6. The first kappa shape index (κ1) is 26.4. The second-order valence-corrected chi connectivity index (χ2v) is 10.5. The Kier molecular flexibility index (Phi) is 6.60. The van der Waals surface area contributed by atoms with Crippen LogP contribution in [0.15, 0.2) is 30.3 Å². The highest BCUT2D eigenvalue weighted by Crippen LogP contribution is 2.46. The van der Waals surface area contributed by atoms with Crippen LogP contribution in [0.1, 0.15) is 38.2 Å². The van der Waals surface area contributed by atoms with Crippen LogP contribution in [0, 0.1) is 28.9 Å². The number of nitrogens with zero attached hydrogens (tertiary/aromatic N) is 3. The summed E-state index contributed by atoms with van der Waals surface area (Å²) in [5.74, 6) is -2.09. The number of hydrogen-bond donors (Lipinski definition) is 0. The number of methoxy groups -OCH3 is 1. The lowest BCUT2D eigenvalue weighted by Gasteiger charge is -2.47. The Labute approximate surface area is 227 Å². The molecule has 40 heavy (non-hydrogen) atoms. The molecule has 10 heteroatoms. The molecule has 1 aromatic heterocycles. The maximum absolute atomic E-state index is 16.4. The van der Waals surface area contributed by atoms with Crippen molar-refractivity contribution in [3.8, 4) is 16.9 Å². The number of aromatic nitrogens is 2. The van der Waals surface area contributed by atoms with E-state index in [4.69, 9.17) is 9.47 Å². The minimum atomic E-state index is -1.17. The van der Waals surface area contributed by atoms with E-state index >= 15 is 8.78 Å². The van der Waals surface area contributed by atoms with Crippen molar-refractivity contribution in [3.63, 3.8) is 0 Å². The predicted molar refractivity (Wildman–Crippen MR) is 142 cm³/mol. The number of hydrogen-bond acceptors (Lipinski definition) is 6. The van der Waals surface area contributed by atoms with Crippen LogP contribution in [0.4, 0.5) is 23.4 Å². The fourth-order valence-electron chi connectivity index (χ4n) is 6.21. The van der Waals surface area contributed by atoms with Gasteiger partial charge >= 0.3 is 6.08 Å². The number of carbonyl (C=O) groups is 1. The number of rotatable bonds is 6. The topological polar surface area (TPSA) is 64.6 Å². The van der Waals surface area contributed by atoms with E-state index < -0.39 is 40.0 Å². The fraction of sp³-hybridized carbons (Fsp3) is 0.367. The van der Waals surface area contributed by atoms with Crippen molar-refractivity contribution in [2.75, 3.05) is 31.9 Å². The first-order chi connectivity index (χ1) is 19.3. The van der Waals surface area contributed by atoms with Crippen LogP contribution in [0.5, 0.6) is 5.75 Å². The van der Waals surface area contributed by atoms with Crippen molar-refractivity contribution in [2.45, 2.75) is 39.0 Å². The standard InChI is InChI=1S/C30H27F4N3O3/c1-3-18-21(31)6-5-16-11-17(40-15-39-2)12-19(24(16)18)25-22(32)13-20-27(26(25)33)35-29(34)36-28(20)37-10-4-8-30(14-37)9-7-23(30)38/h5-6,11-13H,3-4,7-10,14-15H2,1-2H3/t30-/m0/s1. The number of Topliss-reactive ketones (excluding diaryl/α,β-unsaturated/α-hetero) is 1. The molecule has 208 valence electrons. The molecular formula is C30H27F4N3O3. The van der Waals surface area contributed by atoms with Gasteiger partial charge in [-0.25, -0.2) is 13.2 Å². The molecule has 1 saturated carbocycles. The Morgan fingerprint density at radius 2 is 1.88 bits per heavy atom. The van der Waals surface area contributed by atoms with Gasteiger partial charge in [0.15, 0.2) is 12.6 Å². The average Bonchev–Trinajstić information content (AvgIpc) is 2.95. The van der Waals surface area contributed by atoms with Gasteiger partial charge < -0.3 is 14.4 Å². The van der Waals surface area contributed by atoms with E-state index in [1.54, 1.807) is 17.9 Å². The van der Waals surface area contributed by atoms with Gasteiger partial charge in [-0.2, -0.15) is 14.4 Å². The van der Waals surface area contributed by atoms with E-state index in [1.165, 1.54) is 25.3 Å². The van der Waals surface area contributed by atoms with Gasteiger partial charge in [0.1, 0.15) is 34.5 Å². The minimum absolute atomic E-state index is 0.00182. The Bertz CT molecular complexity index is 1680. The lowest BCUT2D eigenvalue weighted by molar-refractivity contribution is -0.138. The number of ether oxygens (including phenoxy) is 2. The summed E-state index contributed by atoms with van der Waals surface area (Å²) in [6.45, 7) is 2.41. The van der Waals surface area contributed by atoms with Crippen LogP contribution in [-0.2, 0) is 16.0 Å². The second kappa shape index (κ2) is 9.99. The van der Waals surface area contributed by atoms with Gasteiger partial charge in [0.25, 0.3) is 0 Å². The molecule has 2 aliphatic rings. The molecule has 1 saturated heterocycles. The van der Waals surface area contributed by atoms with Crippen LogP contribution in [-0.4, -0.2) is 42.7 Å². The number of carbonyl (C=O) groups excluding carboxylic acids is 1. The number of anilines is 1. The van der Waals surface area contributed by atoms with Crippen LogP contribution < -0.4 is 9.64 Å². The lowest BCUT2D eigenvalue weighted by Crippen LogP contribution is -2.53. The van der Waals surface area contributed by atoms with Crippen LogP contribution in [0.25, 0.3) is 32.8 Å². The van der Waals surface area contributed by atoms with Crippen molar-refractivity contribution in [1.82, 2.24) is 9.97 Å². The van der Waals surface area contributed by atoms with E-state index in [9.17, 15) is 13.6 Å².